The maximum absolute atomic E-state index is 5.62. The van der Waals surface area contributed by atoms with Crippen molar-refractivity contribution in [1.29, 1.82) is 0 Å². The van der Waals surface area contributed by atoms with Crippen LogP contribution in [0.3, 0.4) is 0 Å². The van der Waals surface area contributed by atoms with Crippen molar-refractivity contribution in [2.75, 3.05) is 25.0 Å². The molecule has 0 aromatic carbocycles. The first-order valence-electron chi connectivity index (χ1n) is 6.49. The van der Waals surface area contributed by atoms with E-state index in [0.717, 1.165) is 42.8 Å². The van der Waals surface area contributed by atoms with Crippen LogP contribution in [0.1, 0.15) is 24.8 Å². The van der Waals surface area contributed by atoms with Gasteiger partial charge in [0.15, 0.2) is 0 Å². The van der Waals surface area contributed by atoms with Crippen LogP contribution >= 0.6 is 0 Å². The van der Waals surface area contributed by atoms with E-state index in [-0.39, 0.29) is 0 Å². The van der Waals surface area contributed by atoms with Gasteiger partial charge in [-0.3, -0.25) is 0 Å². The molecule has 2 N–H and O–H groups in total. The van der Waals surface area contributed by atoms with E-state index >= 15 is 0 Å². The largest absolute Gasteiger partial charge is 0.476 e. The smallest absolute Gasteiger partial charge is 0.219 e. The predicted octanol–water partition coefficient (Wildman–Crippen LogP) is 1.78. The van der Waals surface area contributed by atoms with Gasteiger partial charge in [-0.05, 0) is 30.9 Å². The van der Waals surface area contributed by atoms with Crippen LogP contribution in [-0.4, -0.2) is 24.7 Å². The van der Waals surface area contributed by atoms with Gasteiger partial charge in [-0.25, -0.2) is 0 Å². The molecular formula is C13H19N3O. The van der Waals surface area contributed by atoms with E-state index in [1.54, 1.807) is 0 Å². The van der Waals surface area contributed by atoms with Crippen molar-refractivity contribution in [3.05, 3.63) is 17.7 Å². The minimum Gasteiger partial charge on any atom is -0.476 e. The maximum atomic E-state index is 5.62. The molecule has 1 aliphatic carbocycles. The van der Waals surface area contributed by atoms with E-state index in [0.29, 0.717) is 6.61 Å². The van der Waals surface area contributed by atoms with Crippen molar-refractivity contribution in [2.24, 2.45) is 5.92 Å². The normalized spacial score (nSPS) is 19.8. The summed E-state index contributed by atoms with van der Waals surface area (Å²) in [6, 6.07) is 4.15. The first-order chi connectivity index (χ1) is 8.42. The Balaban J connectivity index is 1.66. The number of ether oxygens (including phenoxy) is 1. The number of nitrogens with one attached hydrogen (secondary N) is 2. The van der Waals surface area contributed by atoms with Crippen LogP contribution in [-0.2, 0) is 6.54 Å². The highest BCUT2D eigenvalue weighted by Gasteiger charge is 2.17. The standard InChI is InChI=1S/C13H19N3O/c1-2-10(3-1)8-15-12-5-4-11-9-14-6-7-17-13(11)16-12/h4-5,10,14H,1-3,6-9H2,(H,15,16). The van der Waals surface area contributed by atoms with Gasteiger partial charge in [0.2, 0.25) is 5.88 Å². The monoisotopic (exact) mass is 233 g/mol. The molecule has 1 saturated carbocycles. The Hall–Kier alpha value is -1.29. The molecule has 0 atom stereocenters. The molecule has 0 spiro atoms. The summed E-state index contributed by atoms with van der Waals surface area (Å²) in [5.41, 5.74) is 1.15. The molecule has 0 radical (unpaired) electrons. The molecule has 1 aromatic heterocycles. The zero-order valence-electron chi connectivity index (χ0n) is 10.0. The summed E-state index contributed by atoms with van der Waals surface area (Å²) in [7, 11) is 0. The molecule has 1 aliphatic heterocycles. The van der Waals surface area contributed by atoms with E-state index in [4.69, 9.17) is 4.74 Å². The summed E-state index contributed by atoms with van der Waals surface area (Å²) >= 11 is 0. The summed E-state index contributed by atoms with van der Waals surface area (Å²) in [4.78, 5) is 4.53. The lowest BCUT2D eigenvalue weighted by Gasteiger charge is -2.25. The minimum absolute atomic E-state index is 0.700. The topological polar surface area (TPSA) is 46.2 Å². The van der Waals surface area contributed by atoms with Crippen molar-refractivity contribution in [3.8, 4) is 5.88 Å². The fourth-order valence-corrected chi connectivity index (χ4v) is 2.22. The van der Waals surface area contributed by atoms with Gasteiger partial charge in [-0.1, -0.05) is 6.42 Å². The first kappa shape index (κ1) is 10.8. The molecule has 0 bridgehead atoms. The van der Waals surface area contributed by atoms with Gasteiger partial charge in [-0.2, -0.15) is 4.98 Å². The second kappa shape index (κ2) is 4.92. The molecule has 2 heterocycles. The number of anilines is 1. The second-order valence-corrected chi connectivity index (χ2v) is 4.86. The fourth-order valence-electron chi connectivity index (χ4n) is 2.22. The van der Waals surface area contributed by atoms with Gasteiger partial charge < -0.3 is 15.4 Å². The summed E-state index contributed by atoms with van der Waals surface area (Å²) in [6.45, 7) is 3.49. The third kappa shape index (κ3) is 2.52. The number of nitrogens with zero attached hydrogens (tertiary/aromatic N) is 1. The number of pyridine rings is 1. The van der Waals surface area contributed by atoms with Crippen LogP contribution in [0.4, 0.5) is 5.82 Å². The van der Waals surface area contributed by atoms with Gasteiger partial charge in [0.25, 0.3) is 0 Å². The van der Waals surface area contributed by atoms with Crippen LogP contribution in [0, 0.1) is 5.92 Å². The lowest BCUT2D eigenvalue weighted by Crippen LogP contribution is -2.21. The van der Waals surface area contributed by atoms with Crippen molar-refractivity contribution in [3.63, 3.8) is 0 Å². The summed E-state index contributed by atoms with van der Waals surface area (Å²) < 4.78 is 5.62. The Bertz CT molecular complexity index is 390. The zero-order valence-corrected chi connectivity index (χ0v) is 10.0. The number of aromatic nitrogens is 1. The molecule has 3 rings (SSSR count). The number of hydrogen-bond donors (Lipinski definition) is 2. The number of hydrogen-bond acceptors (Lipinski definition) is 4. The Kier molecular flexibility index (Phi) is 3.14. The van der Waals surface area contributed by atoms with Gasteiger partial charge in [0.1, 0.15) is 12.4 Å². The molecule has 92 valence electrons. The predicted molar refractivity (Wildman–Crippen MR) is 67.3 cm³/mol. The van der Waals surface area contributed by atoms with Crippen molar-refractivity contribution < 1.29 is 4.74 Å². The third-order valence-electron chi connectivity index (χ3n) is 3.57. The minimum atomic E-state index is 0.700. The molecule has 2 aliphatic rings. The van der Waals surface area contributed by atoms with E-state index in [1.807, 2.05) is 6.07 Å². The lowest BCUT2D eigenvalue weighted by molar-refractivity contribution is 0.313. The van der Waals surface area contributed by atoms with Gasteiger partial charge in [-0.15, -0.1) is 0 Å². The zero-order chi connectivity index (χ0) is 11.5. The van der Waals surface area contributed by atoms with Gasteiger partial charge in [0.05, 0.1) is 0 Å². The highest BCUT2D eigenvalue weighted by Crippen LogP contribution is 2.27. The van der Waals surface area contributed by atoms with E-state index in [2.05, 4.69) is 21.7 Å². The number of rotatable bonds is 3. The second-order valence-electron chi connectivity index (χ2n) is 4.86. The molecule has 0 unspecified atom stereocenters. The summed E-state index contributed by atoms with van der Waals surface area (Å²) in [5.74, 6) is 2.57. The van der Waals surface area contributed by atoms with Gasteiger partial charge >= 0.3 is 0 Å². The van der Waals surface area contributed by atoms with Gasteiger partial charge in [0, 0.05) is 25.2 Å². The molecule has 4 heteroatoms. The van der Waals surface area contributed by atoms with Crippen molar-refractivity contribution in [1.82, 2.24) is 10.3 Å². The molecule has 17 heavy (non-hydrogen) atoms. The highest BCUT2D eigenvalue weighted by atomic mass is 16.5. The highest BCUT2D eigenvalue weighted by molar-refractivity contribution is 5.41. The molecule has 0 saturated heterocycles. The van der Waals surface area contributed by atoms with Crippen molar-refractivity contribution >= 4 is 5.82 Å². The average molecular weight is 233 g/mol. The molecular weight excluding hydrogens is 214 g/mol. The Morgan fingerprint density at radius 2 is 2.35 bits per heavy atom. The van der Waals surface area contributed by atoms with Crippen LogP contribution in [0.2, 0.25) is 0 Å². The fraction of sp³-hybridized carbons (Fsp3) is 0.615. The van der Waals surface area contributed by atoms with E-state index < -0.39 is 0 Å². The summed E-state index contributed by atoms with van der Waals surface area (Å²) in [5, 5.41) is 6.71. The SMILES string of the molecule is c1cc2c(nc1NCC1CCC1)OCCNC2. The maximum Gasteiger partial charge on any atom is 0.219 e. The Labute approximate surface area is 102 Å². The van der Waals surface area contributed by atoms with Crippen LogP contribution in [0.25, 0.3) is 0 Å². The Morgan fingerprint density at radius 1 is 1.41 bits per heavy atom. The van der Waals surface area contributed by atoms with Crippen LogP contribution < -0.4 is 15.4 Å². The molecule has 0 amide bonds. The Morgan fingerprint density at radius 3 is 3.18 bits per heavy atom. The number of fused-ring (bicyclic) bond motifs is 1. The van der Waals surface area contributed by atoms with Crippen LogP contribution in [0.15, 0.2) is 12.1 Å². The molecule has 4 nitrogen and oxygen atoms in total. The molecule has 1 aromatic rings. The van der Waals surface area contributed by atoms with Crippen molar-refractivity contribution in [2.45, 2.75) is 25.8 Å². The first-order valence-corrected chi connectivity index (χ1v) is 6.49. The van der Waals surface area contributed by atoms with E-state index in [9.17, 15) is 0 Å². The van der Waals surface area contributed by atoms with Crippen LogP contribution in [0.5, 0.6) is 5.88 Å². The summed E-state index contributed by atoms with van der Waals surface area (Å²) in [6.07, 6.45) is 4.11. The van der Waals surface area contributed by atoms with E-state index in [1.165, 1.54) is 19.3 Å². The average Bonchev–Trinajstić information content (AvgIpc) is 2.51. The quantitative estimate of drug-likeness (QED) is 0.835. The third-order valence-corrected chi connectivity index (χ3v) is 3.57. The molecule has 1 fully saturated rings. The lowest BCUT2D eigenvalue weighted by atomic mass is 9.85.